The molecule has 3 aromatic rings. The van der Waals surface area contributed by atoms with Crippen LogP contribution in [0.3, 0.4) is 0 Å². The zero-order valence-electron chi connectivity index (χ0n) is 23.0. The number of carbonyl (C=O) groups is 3. The molecule has 10 heteroatoms. The van der Waals surface area contributed by atoms with Gasteiger partial charge in [0.25, 0.3) is 23.3 Å². The number of amides is 3. The third-order valence-electron chi connectivity index (χ3n) is 8.22. The second-order valence-corrected chi connectivity index (χ2v) is 11.6. The summed E-state index contributed by atoms with van der Waals surface area (Å²) in [5, 5.41) is 3.18. The number of fused-ring (bicyclic) bond motifs is 2. The molecule has 212 valence electrons. The van der Waals surface area contributed by atoms with Gasteiger partial charge in [0.1, 0.15) is 5.75 Å². The minimum atomic E-state index is -0.958. The number of H-pyrrole nitrogens is 1. The Kier molecular flexibility index (Phi) is 6.74. The Hall–Kier alpha value is -3.95. The third-order valence-corrected chi connectivity index (χ3v) is 8.44. The van der Waals surface area contributed by atoms with E-state index in [1.165, 1.54) is 4.90 Å². The van der Waals surface area contributed by atoms with Crippen molar-refractivity contribution in [2.75, 3.05) is 6.54 Å². The number of imide groups is 1. The molecule has 3 atom stereocenters. The third kappa shape index (κ3) is 4.83. The number of rotatable bonds is 5. The molecule has 3 aliphatic rings. The Morgan fingerprint density at radius 1 is 1.12 bits per heavy atom. The first kappa shape index (κ1) is 27.2. The van der Waals surface area contributed by atoms with Crippen molar-refractivity contribution in [2.24, 2.45) is 5.92 Å². The Morgan fingerprint density at radius 3 is 2.51 bits per heavy atom. The van der Waals surface area contributed by atoms with E-state index in [0.717, 1.165) is 11.3 Å². The first-order chi connectivity index (χ1) is 19.5. The van der Waals surface area contributed by atoms with Crippen LogP contribution >= 0.6 is 11.6 Å². The maximum Gasteiger partial charge on any atom is 0.261 e. The number of nitrogens with one attached hydrogen (secondary N) is 2. The average Bonchev–Trinajstić information content (AvgIpc) is 3.40. The Morgan fingerprint density at radius 2 is 1.83 bits per heavy atom. The van der Waals surface area contributed by atoms with Crippen LogP contribution in [0.5, 0.6) is 5.75 Å². The van der Waals surface area contributed by atoms with Gasteiger partial charge in [0.05, 0.1) is 22.8 Å². The predicted molar refractivity (Wildman–Crippen MR) is 151 cm³/mol. The van der Waals surface area contributed by atoms with E-state index in [1.54, 1.807) is 43.3 Å². The summed E-state index contributed by atoms with van der Waals surface area (Å²) in [6.45, 7) is 5.83. The summed E-state index contributed by atoms with van der Waals surface area (Å²) in [5.41, 5.74) is 3.54. The van der Waals surface area contributed by atoms with E-state index < -0.39 is 17.8 Å². The molecule has 2 aliphatic heterocycles. The minimum Gasteiger partial charge on any atom is -0.462 e. The summed E-state index contributed by atoms with van der Waals surface area (Å²) >= 11 is 6.43. The molecule has 0 radical (unpaired) electrons. The van der Waals surface area contributed by atoms with Crippen molar-refractivity contribution in [1.29, 1.82) is 0 Å². The van der Waals surface area contributed by atoms with Crippen LogP contribution in [-0.4, -0.2) is 39.9 Å². The highest BCUT2D eigenvalue weighted by Crippen LogP contribution is 2.49. The number of ether oxygens (including phenoxy) is 2. The Balaban J connectivity index is 1.19. The maximum atomic E-state index is 13.3. The van der Waals surface area contributed by atoms with Gasteiger partial charge in [-0.25, -0.2) is 0 Å². The number of benzene rings is 2. The second kappa shape index (κ2) is 10.2. The lowest BCUT2D eigenvalue weighted by Crippen LogP contribution is -2.42. The van der Waals surface area contributed by atoms with Crippen molar-refractivity contribution in [1.82, 2.24) is 15.2 Å². The number of halogens is 1. The van der Waals surface area contributed by atoms with Gasteiger partial charge in [-0.15, -0.1) is 0 Å². The number of aromatic nitrogens is 1. The minimum absolute atomic E-state index is 0.0104. The van der Waals surface area contributed by atoms with Gasteiger partial charge in [-0.2, -0.15) is 0 Å². The van der Waals surface area contributed by atoms with Crippen LogP contribution in [0.4, 0.5) is 0 Å². The molecule has 1 fully saturated rings. The maximum absolute atomic E-state index is 13.3. The summed E-state index contributed by atoms with van der Waals surface area (Å²) < 4.78 is 12.8. The quantitative estimate of drug-likeness (QED) is 0.421. The zero-order valence-corrected chi connectivity index (χ0v) is 23.8. The van der Waals surface area contributed by atoms with E-state index in [0.29, 0.717) is 57.9 Å². The fourth-order valence-electron chi connectivity index (χ4n) is 6.34. The van der Waals surface area contributed by atoms with Crippen LogP contribution in [-0.2, 0) is 11.3 Å². The first-order valence-electron chi connectivity index (χ1n) is 13.7. The molecule has 9 nitrogen and oxygen atoms in total. The largest absolute Gasteiger partial charge is 0.462 e. The summed E-state index contributed by atoms with van der Waals surface area (Å²) in [6, 6.07) is 12.0. The fourth-order valence-corrected chi connectivity index (χ4v) is 6.55. The highest BCUT2D eigenvalue weighted by atomic mass is 35.5. The van der Waals surface area contributed by atoms with Gasteiger partial charge >= 0.3 is 0 Å². The van der Waals surface area contributed by atoms with Crippen LogP contribution in [0, 0.1) is 19.8 Å². The molecule has 0 saturated heterocycles. The van der Waals surface area contributed by atoms with Crippen molar-refractivity contribution >= 4 is 29.3 Å². The molecule has 2 N–H and O–H groups in total. The Labute approximate surface area is 241 Å². The van der Waals surface area contributed by atoms with Gasteiger partial charge in [-0.05, 0) is 69.0 Å². The van der Waals surface area contributed by atoms with E-state index >= 15 is 0 Å². The number of hydrogen-bond acceptors (Lipinski definition) is 6. The number of aryl methyl sites for hydroxylation is 2. The highest BCUT2D eigenvalue weighted by molar-refractivity contribution is 6.31. The van der Waals surface area contributed by atoms with Gasteiger partial charge < -0.3 is 19.8 Å². The summed E-state index contributed by atoms with van der Waals surface area (Å²) in [7, 11) is 0. The van der Waals surface area contributed by atoms with Crippen LogP contribution in [0.2, 0.25) is 5.02 Å². The van der Waals surface area contributed by atoms with E-state index in [9.17, 15) is 19.2 Å². The molecule has 1 spiro atoms. The molecule has 3 heterocycles. The monoisotopic (exact) mass is 575 g/mol. The molecular weight excluding hydrogens is 546 g/mol. The van der Waals surface area contributed by atoms with Gasteiger partial charge in [0.2, 0.25) is 5.79 Å². The summed E-state index contributed by atoms with van der Waals surface area (Å²) in [6.07, 6.45) is 1.26. The standard InChI is InChI=1S/C31H30ClN3O6/c1-16-10-17(2)34-28(37)24(16)14-33-27(36)23-11-20(32)12-25-26(23)18(3)40-31(41-25)9-8-19(13-31)15-35-29(38)21-6-4-5-7-22(21)30(35)39/h4-7,10-12,18-19H,8-9,13-15H2,1-3H3,(H,33,36)(H,34,37). The molecular formula is C31H30ClN3O6. The molecule has 3 amide bonds. The number of hydrogen-bond donors (Lipinski definition) is 2. The van der Waals surface area contributed by atoms with Crippen molar-refractivity contribution in [3.63, 3.8) is 0 Å². The molecule has 1 saturated carbocycles. The zero-order chi connectivity index (χ0) is 29.1. The number of carbonyl (C=O) groups excluding carboxylic acids is 3. The first-order valence-corrected chi connectivity index (χ1v) is 14.1. The van der Waals surface area contributed by atoms with Gasteiger partial charge in [0.15, 0.2) is 0 Å². The average molecular weight is 576 g/mol. The summed E-state index contributed by atoms with van der Waals surface area (Å²) in [5.74, 6) is -1.45. The SMILES string of the molecule is Cc1cc(C)c(CNC(=O)c2cc(Cl)cc3c2C(C)OC2(CCC(CN4C(=O)c5ccccc5C4=O)C2)O3)c(=O)[nH]1. The predicted octanol–water partition coefficient (Wildman–Crippen LogP) is 4.84. The summed E-state index contributed by atoms with van der Waals surface area (Å²) in [4.78, 5) is 55.6. The van der Waals surface area contributed by atoms with Crippen molar-refractivity contribution < 1.29 is 23.9 Å². The van der Waals surface area contributed by atoms with Crippen LogP contribution in [0.1, 0.15) is 85.7 Å². The van der Waals surface area contributed by atoms with Crippen molar-refractivity contribution in [2.45, 2.75) is 58.5 Å². The van der Waals surface area contributed by atoms with Crippen molar-refractivity contribution in [3.8, 4) is 5.75 Å². The second-order valence-electron chi connectivity index (χ2n) is 11.1. The topological polar surface area (TPSA) is 118 Å². The highest BCUT2D eigenvalue weighted by Gasteiger charge is 2.49. The molecule has 6 rings (SSSR count). The number of pyridine rings is 1. The fraction of sp³-hybridized carbons (Fsp3) is 0.355. The molecule has 1 aliphatic carbocycles. The van der Waals surface area contributed by atoms with Crippen LogP contribution < -0.4 is 15.6 Å². The molecule has 1 aromatic heterocycles. The lowest BCUT2D eigenvalue weighted by atomic mass is 9.98. The molecule has 2 aromatic carbocycles. The van der Waals surface area contributed by atoms with Gasteiger partial charge in [-0.3, -0.25) is 24.1 Å². The van der Waals surface area contributed by atoms with Crippen LogP contribution in [0.15, 0.2) is 47.3 Å². The number of nitrogens with zero attached hydrogens (tertiary/aromatic N) is 1. The van der Waals surface area contributed by atoms with Crippen LogP contribution in [0.25, 0.3) is 0 Å². The van der Waals surface area contributed by atoms with E-state index in [-0.39, 0.29) is 36.4 Å². The normalized spacial score (nSPS) is 23.0. The van der Waals surface area contributed by atoms with E-state index in [4.69, 9.17) is 21.1 Å². The lowest BCUT2D eigenvalue weighted by Gasteiger charge is -2.40. The van der Waals surface area contributed by atoms with E-state index in [2.05, 4.69) is 10.3 Å². The smallest absolute Gasteiger partial charge is 0.261 e. The van der Waals surface area contributed by atoms with E-state index in [1.807, 2.05) is 19.9 Å². The molecule has 3 unspecified atom stereocenters. The Bertz CT molecular complexity index is 1630. The van der Waals surface area contributed by atoms with Gasteiger partial charge in [-0.1, -0.05) is 23.7 Å². The number of aromatic amines is 1. The lowest BCUT2D eigenvalue weighted by molar-refractivity contribution is -0.223. The molecule has 0 bridgehead atoms. The van der Waals surface area contributed by atoms with Gasteiger partial charge in [0, 0.05) is 47.8 Å². The molecule has 41 heavy (non-hydrogen) atoms. The van der Waals surface area contributed by atoms with Crippen molar-refractivity contribution in [3.05, 3.63) is 96.9 Å².